The fourth-order valence-corrected chi connectivity index (χ4v) is 4.46. The number of hydrogen-bond acceptors (Lipinski definition) is 4. The van der Waals surface area contributed by atoms with Gasteiger partial charge in [0, 0.05) is 12.3 Å². The molecule has 3 nitrogen and oxygen atoms in total. The molecule has 0 atom stereocenters. The lowest BCUT2D eigenvalue weighted by Crippen LogP contribution is -2.10. The number of anilines is 1. The fraction of sp³-hybridized carbons (Fsp3) is 0.733. The Morgan fingerprint density at radius 2 is 2.00 bits per heavy atom. The minimum absolute atomic E-state index is 0.624. The summed E-state index contributed by atoms with van der Waals surface area (Å²) in [5.41, 5.74) is 1.20. The van der Waals surface area contributed by atoms with Crippen LogP contribution < -0.4 is 5.32 Å². The van der Waals surface area contributed by atoms with Gasteiger partial charge in [0.15, 0.2) is 0 Å². The van der Waals surface area contributed by atoms with Gasteiger partial charge in [-0.05, 0) is 47.8 Å². The first-order valence-electron chi connectivity index (χ1n) is 7.44. The van der Waals surface area contributed by atoms with Crippen LogP contribution in [0, 0.1) is 9.49 Å². The van der Waals surface area contributed by atoms with Crippen molar-refractivity contribution in [2.24, 2.45) is 5.92 Å². The second-order valence-electron chi connectivity index (χ2n) is 5.81. The van der Waals surface area contributed by atoms with Crippen molar-refractivity contribution in [1.29, 1.82) is 0 Å². The maximum absolute atomic E-state index is 4.80. The Morgan fingerprint density at radius 3 is 2.60 bits per heavy atom. The molecule has 112 valence electrons. The molecule has 1 saturated carbocycles. The molecule has 0 aromatic carbocycles. The molecule has 0 spiro atoms. The van der Waals surface area contributed by atoms with Gasteiger partial charge in [-0.1, -0.05) is 26.7 Å². The lowest BCUT2D eigenvalue weighted by molar-refractivity contribution is 0.629. The average Bonchev–Trinajstić information content (AvgIpc) is 2.92. The van der Waals surface area contributed by atoms with Crippen molar-refractivity contribution in [3.8, 4) is 0 Å². The van der Waals surface area contributed by atoms with Crippen LogP contribution in [0.3, 0.4) is 0 Å². The van der Waals surface area contributed by atoms with Crippen molar-refractivity contribution in [2.75, 3.05) is 12.4 Å². The molecule has 2 rings (SSSR count). The van der Waals surface area contributed by atoms with Crippen molar-refractivity contribution in [1.82, 2.24) is 9.97 Å². The molecule has 1 aromatic heterocycles. The number of thioether (sulfide) groups is 1. The lowest BCUT2D eigenvalue weighted by Gasteiger charge is -2.13. The largest absolute Gasteiger partial charge is 0.372 e. The smallest absolute Gasteiger partial charge is 0.143 e. The molecule has 1 fully saturated rings. The molecule has 1 heterocycles. The van der Waals surface area contributed by atoms with E-state index in [2.05, 4.69) is 46.7 Å². The molecule has 1 aliphatic carbocycles. The average molecular weight is 405 g/mol. The molecule has 0 amide bonds. The van der Waals surface area contributed by atoms with Crippen molar-refractivity contribution >= 4 is 40.2 Å². The zero-order valence-electron chi connectivity index (χ0n) is 12.6. The zero-order chi connectivity index (χ0) is 14.5. The second kappa shape index (κ2) is 7.82. The van der Waals surface area contributed by atoms with Gasteiger partial charge in [0.2, 0.25) is 0 Å². The van der Waals surface area contributed by atoms with E-state index in [-0.39, 0.29) is 0 Å². The molecule has 0 aliphatic heterocycles. The van der Waals surface area contributed by atoms with Gasteiger partial charge < -0.3 is 5.32 Å². The van der Waals surface area contributed by atoms with Crippen LogP contribution >= 0.6 is 34.4 Å². The topological polar surface area (TPSA) is 37.8 Å². The lowest BCUT2D eigenvalue weighted by atomic mass is 10.1. The molecule has 1 aliphatic rings. The van der Waals surface area contributed by atoms with Crippen LogP contribution in [0.1, 0.15) is 51.0 Å². The van der Waals surface area contributed by atoms with E-state index < -0.39 is 0 Å². The summed E-state index contributed by atoms with van der Waals surface area (Å²) in [6, 6.07) is 0. The van der Waals surface area contributed by atoms with E-state index in [4.69, 9.17) is 4.98 Å². The molecule has 1 aromatic rings. The van der Waals surface area contributed by atoms with Gasteiger partial charge in [-0.3, -0.25) is 0 Å². The molecule has 0 unspecified atom stereocenters. The SMILES string of the molecule is CNc1nc(CSC2CCCC2)nc(CC(C)C)c1I. The number of aromatic nitrogens is 2. The number of nitrogens with zero attached hydrogens (tertiary/aromatic N) is 2. The van der Waals surface area contributed by atoms with Crippen LogP contribution in [-0.4, -0.2) is 22.3 Å². The Morgan fingerprint density at radius 1 is 1.30 bits per heavy atom. The molecular weight excluding hydrogens is 381 g/mol. The van der Waals surface area contributed by atoms with Crippen LogP contribution in [0.4, 0.5) is 5.82 Å². The highest BCUT2D eigenvalue weighted by molar-refractivity contribution is 14.1. The summed E-state index contributed by atoms with van der Waals surface area (Å²) >= 11 is 4.40. The Hall–Kier alpha value is -0.0400. The predicted octanol–water partition coefficient (Wildman–Crippen LogP) is 4.50. The highest BCUT2D eigenvalue weighted by Crippen LogP contribution is 2.31. The maximum atomic E-state index is 4.80. The zero-order valence-corrected chi connectivity index (χ0v) is 15.6. The maximum Gasteiger partial charge on any atom is 0.143 e. The van der Waals surface area contributed by atoms with Crippen LogP contribution in [0.15, 0.2) is 0 Å². The van der Waals surface area contributed by atoms with E-state index in [9.17, 15) is 0 Å². The first-order valence-corrected chi connectivity index (χ1v) is 9.57. The van der Waals surface area contributed by atoms with Gasteiger partial charge in [-0.15, -0.1) is 0 Å². The van der Waals surface area contributed by atoms with Crippen LogP contribution in [0.25, 0.3) is 0 Å². The second-order valence-corrected chi connectivity index (χ2v) is 8.18. The third-order valence-corrected chi connectivity index (χ3v) is 6.06. The van der Waals surface area contributed by atoms with Gasteiger partial charge in [0.05, 0.1) is 15.0 Å². The summed E-state index contributed by atoms with van der Waals surface area (Å²) in [6.45, 7) is 4.48. The van der Waals surface area contributed by atoms with Gasteiger partial charge in [0.1, 0.15) is 11.6 Å². The Kier molecular flexibility index (Phi) is 6.39. The van der Waals surface area contributed by atoms with E-state index >= 15 is 0 Å². The number of rotatable bonds is 6. The van der Waals surface area contributed by atoms with Crippen molar-refractivity contribution in [3.05, 3.63) is 15.1 Å². The third kappa shape index (κ3) is 4.48. The summed E-state index contributed by atoms with van der Waals surface area (Å²) in [7, 11) is 1.94. The van der Waals surface area contributed by atoms with Crippen molar-refractivity contribution in [3.63, 3.8) is 0 Å². The molecule has 5 heteroatoms. The monoisotopic (exact) mass is 405 g/mol. The standard InChI is InChI=1S/C15H24IN3S/c1-10(2)8-12-14(16)15(17-3)19-13(18-12)9-20-11-6-4-5-7-11/h10-11H,4-9H2,1-3H3,(H,17,18,19). The molecule has 20 heavy (non-hydrogen) atoms. The molecule has 0 bridgehead atoms. The molecular formula is C15H24IN3S. The first-order chi connectivity index (χ1) is 9.60. The van der Waals surface area contributed by atoms with E-state index in [0.29, 0.717) is 5.92 Å². The minimum Gasteiger partial charge on any atom is -0.372 e. The van der Waals surface area contributed by atoms with Crippen molar-refractivity contribution in [2.45, 2.75) is 57.0 Å². The minimum atomic E-state index is 0.624. The van der Waals surface area contributed by atoms with E-state index in [0.717, 1.165) is 29.1 Å². The van der Waals surface area contributed by atoms with Crippen molar-refractivity contribution < 1.29 is 0 Å². The molecule has 1 N–H and O–H groups in total. The van der Waals surface area contributed by atoms with Gasteiger partial charge in [0.25, 0.3) is 0 Å². The molecule has 0 radical (unpaired) electrons. The summed E-state index contributed by atoms with van der Waals surface area (Å²) in [4.78, 5) is 9.47. The number of hydrogen-bond donors (Lipinski definition) is 1. The summed E-state index contributed by atoms with van der Waals surface area (Å²) < 4.78 is 1.17. The fourth-order valence-electron chi connectivity index (χ4n) is 2.54. The summed E-state index contributed by atoms with van der Waals surface area (Å²) in [5, 5.41) is 4.03. The Labute approximate surface area is 140 Å². The van der Waals surface area contributed by atoms with Gasteiger partial charge >= 0.3 is 0 Å². The Bertz CT molecular complexity index is 445. The van der Waals surface area contributed by atoms with E-state index in [1.807, 2.05) is 18.8 Å². The summed E-state index contributed by atoms with van der Waals surface area (Å²) in [5.74, 6) is 3.54. The van der Waals surface area contributed by atoms with Gasteiger partial charge in [-0.2, -0.15) is 11.8 Å². The van der Waals surface area contributed by atoms with Gasteiger partial charge in [-0.25, -0.2) is 9.97 Å². The molecule has 0 saturated heterocycles. The van der Waals surface area contributed by atoms with Crippen LogP contribution in [0.2, 0.25) is 0 Å². The highest BCUT2D eigenvalue weighted by Gasteiger charge is 2.17. The third-order valence-electron chi connectivity index (χ3n) is 3.55. The summed E-state index contributed by atoms with van der Waals surface area (Å²) in [6.07, 6.45) is 6.55. The Balaban J connectivity index is 2.10. The predicted molar refractivity (Wildman–Crippen MR) is 96.4 cm³/mol. The quantitative estimate of drug-likeness (QED) is 0.708. The normalized spacial score (nSPS) is 16.1. The number of halogens is 1. The number of nitrogens with one attached hydrogen (secondary N) is 1. The van der Waals surface area contributed by atoms with E-state index in [1.165, 1.54) is 34.9 Å². The highest BCUT2D eigenvalue weighted by atomic mass is 127. The van der Waals surface area contributed by atoms with Crippen LogP contribution in [-0.2, 0) is 12.2 Å². The van der Waals surface area contributed by atoms with E-state index in [1.54, 1.807) is 0 Å². The first kappa shape index (κ1) is 16.3. The van der Waals surface area contributed by atoms with Crippen LogP contribution in [0.5, 0.6) is 0 Å².